The summed E-state index contributed by atoms with van der Waals surface area (Å²) in [5, 5.41) is 5.75. The summed E-state index contributed by atoms with van der Waals surface area (Å²) < 4.78 is 169. The minimum absolute atomic E-state index is 0.00563. The first kappa shape index (κ1) is 47.7. The van der Waals surface area contributed by atoms with E-state index in [0.717, 1.165) is 23.1 Å². The fraction of sp³-hybridized carbons (Fsp3) is 0.429. The van der Waals surface area contributed by atoms with Crippen molar-refractivity contribution in [2.24, 2.45) is 22.6 Å². The Hall–Kier alpha value is -5.27. The van der Waals surface area contributed by atoms with Crippen LogP contribution in [0.3, 0.4) is 0 Å². The van der Waals surface area contributed by atoms with Gasteiger partial charge in [0.15, 0.2) is 15.7 Å². The molecule has 3 aliphatic rings. The van der Waals surface area contributed by atoms with Gasteiger partial charge in [-0.3, -0.25) is 19.2 Å². The molecular formula is C42H40ClF8N7O5S2. The Morgan fingerprint density at radius 2 is 1.68 bits per heavy atom. The van der Waals surface area contributed by atoms with Crippen molar-refractivity contribution in [3.8, 4) is 23.0 Å². The summed E-state index contributed by atoms with van der Waals surface area (Å²) in [5.41, 5.74) is 2.32. The van der Waals surface area contributed by atoms with E-state index in [2.05, 4.69) is 37.0 Å². The van der Waals surface area contributed by atoms with E-state index in [9.17, 15) is 48.0 Å². The van der Waals surface area contributed by atoms with E-state index in [1.807, 2.05) is 0 Å². The van der Waals surface area contributed by atoms with E-state index in [-0.39, 0.29) is 62.7 Å². The smallest absolute Gasteiger partial charge is 0.292 e. The lowest BCUT2D eigenvalue weighted by Gasteiger charge is -2.32. The van der Waals surface area contributed by atoms with Gasteiger partial charge in [0.1, 0.15) is 40.9 Å². The fourth-order valence-electron chi connectivity index (χ4n) is 7.81. The number of pyridine rings is 1. The van der Waals surface area contributed by atoms with Crippen LogP contribution in [0.25, 0.3) is 22.0 Å². The molecule has 2 aromatic heterocycles. The zero-order chi connectivity index (χ0) is 47.6. The molecule has 1 amide bonds. The van der Waals surface area contributed by atoms with Crippen molar-refractivity contribution in [1.82, 2.24) is 20.1 Å². The van der Waals surface area contributed by atoms with Crippen LogP contribution in [0, 0.1) is 35.3 Å². The molecule has 3 fully saturated rings. The zero-order valence-electron chi connectivity index (χ0n) is 34.6. The van der Waals surface area contributed by atoms with Gasteiger partial charge >= 0.3 is 0 Å². The van der Waals surface area contributed by atoms with Gasteiger partial charge in [0.2, 0.25) is 15.9 Å². The Morgan fingerprint density at radius 3 is 2.26 bits per heavy atom. The lowest BCUT2D eigenvalue weighted by Crippen LogP contribution is -2.37. The van der Waals surface area contributed by atoms with Gasteiger partial charge in [-0.1, -0.05) is 23.6 Å². The zero-order valence-corrected chi connectivity index (χ0v) is 37.0. The molecule has 0 radical (unpaired) electrons. The lowest BCUT2D eigenvalue weighted by atomic mass is 9.73. The second kappa shape index (κ2) is 17.5. The SMILES string of the molecule is CC(C)(C#Cc1ccc(-c2ccc(Cl)c3c(NS(=O)(=O)C4CC4)nn(CC(F)F)c23)c([C@H](Cc2cc(F)cc(F)c2)NC(=O)CN=C2C(=C(N)C(F)F)C3CC[C@H]3C2(F)F)n1)S(C)(=O)=O. The highest BCUT2D eigenvalue weighted by molar-refractivity contribution is 7.93. The third kappa shape index (κ3) is 9.68. The van der Waals surface area contributed by atoms with Gasteiger partial charge in [-0.15, -0.1) is 0 Å². The number of hydrogen-bond donors (Lipinski definition) is 3. The molecule has 12 nitrogen and oxygen atoms in total. The monoisotopic (exact) mass is 973 g/mol. The number of aliphatic imine (C=N–C) groups is 1. The van der Waals surface area contributed by atoms with E-state index in [1.165, 1.54) is 38.1 Å². The maximum Gasteiger partial charge on any atom is 0.292 e. The van der Waals surface area contributed by atoms with Crippen molar-refractivity contribution in [2.45, 2.75) is 87.3 Å². The molecule has 4 aromatic rings. The highest BCUT2D eigenvalue weighted by Crippen LogP contribution is 2.57. The maximum absolute atomic E-state index is 15.6. The molecule has 0 spiro atoms. The molecule has 0 saturated heterocycles. The summed E-state index contributed by atoms with van der Waals surface area (Å²) in [5.74, 6) is -4.36. The largest absolute Gasteiger partial charge is 0.397 e. The summed E-state index contributed by atoms with van der Waals surface area (Å²) >= 11 is 6.62. The first-order valence-corrected chi connectivity index (χ1v) is 23.8. The number of anilines is 1. The number of hydrogen-bond acceptors (Lipinski definition) is 9. The van der Waals surface area contributed by atoms with Gasteiger partial charge in [0, 0.05) is 34.9 Å². The van der Waals surface area contributed by atoms with Crippen LogP contribution < -0.4 is 15.8 Å². The number of benzene rings is 2. The van der Waals surface area contributed by atoms with Crippen molar-refractivity contribution in [2.75, 3.05) is 17.5 Å². The van der Waals surface area contributed by atoms with Crippen LogP contribution >= 0.6 is 11.6 Å². The van der Waals surface area contributed by atoms with Gasteiger partial charge in [0.05, 0.1) is 38.6 Å². The van der Waals surface area contributed by atoms with Gasteiger partial charge < -0.3 is 11.1 Å². The van der Waals surface area contributed by atoms with Crippen molar-refractivity contribution < 1.29 is 56.8 Å². The number of aromatic nitrogens is 3. The van der Waals surface area contributed by atoms with E-state index < -0.39 is 121 Å². The number of rotatable bonds is 14. The van der Waals surface area contributed by atoms with E-state index in [1.54, 1.807) is 0 Å². The normalized spacial score (nSPS) is 20.4. The van der Waals surface area contributed by atoms with Crippen LogP contribution in [0.4, 0.5) is 40.9 Å². The van der Waals surface area contributed by atoms with E-state index in [4.69, 9.17) is 17.3 Å². The number of alkyl halides is 6. The molecule has 2 heterocycles. The summed E-state index contributed by atoms with van der Waals surface area (Å²) in [6.45, 7) is 0.481. The number of nitrogens with zero attached hydrogens (tertiary/aromatic N) is 4. The second-order valence-electron chi connectivity index (χ2n) is 16.6. The summed E-state index contributed by atoms with van der Waals surface area (Å²) in [7, 11) is -7.83. The maximum atomic E-state index is 15.6. The Kier molecular flexibility index (Phi) is 12.8. The minimum Gasteiger partial charge on any atom is -0.397 e. The average Bonchev–Trinajstić information content (AvgIpc) is 3.96. The van der Waals surface area contributed by atoms with Gasteiger partial charge in [0.25, 0.3) is 18.8 Å². The Bertz CT molecular complexity index is 2930. The number of fused-ring (bicyclic) bond motifs is 2. The average molecular weight is 974 g/mol. The van der Waals surface area contributed by atoms with Crippen LogP contribution in [0.5, 0.6) is 0 Å². The summed E-state index contributed by atoms with van der Waals surface area (Å²) in [6, 6.07) is 6.25. The third-order valence-corrected chi connectivity index (χ3v) is 15.7. The molecule has 3 aliphatic carbocycles. The Labute approximate surface area is 373 Å². The Balaban J connectivity index is 1.42. The number of halogens is 9. The molecule has 2 aromatic carbocycles. The molecule has 65 heavy (non-hydrogen) atoms. The minimum atomic E-state index is -4.04. The number of sulfonamides is 1. The molecule has 0 bridgehead atoms. The predicted octanol–water partition coefficient (Wildman–Crippen LogP) is 7.37. The number of carbonyl (C=O) groups is 1. The Morgan fingerprint density at radius 1 is 1.02 bits per heavy atom. The second-order valence-corrected chi connectivity index (χ2v) is 21.5. The standard InChI is InChI=1S/C42H40ClF8N7O5S2/c1-41(2,64(3,60)61)13-12-23-4-7-25(26-9-11-29(43)34-37(26)58(19-31(46)47)56-40(34)57-65(62,63)24-5-6-24)36(54-23)30(16-20-14-21(44)17-22(45)15-20)55-32(59)18-53-38-33(35(52)39(48)49)27-8-10-28(27)42(38,50)51/h4,7,9,11,14-15,17,24,27-28,30-31,39H,5-6,8,10,16,18-19,52H2,1-3H3,(H,55,59)(H,56,57)/t27?,28-,30+/m1/s1. The van der Waals surface area contributed by atoms with Crippen molar-refractivity contribution in [3.05, 3.63) is 87.3 Å². The third-order valence-electron chi connectivity index (χ3n) is 11.6. The molecule has 7 rings (SSSR count). The number of nitrogens with two attached hydrogens (primary N) is 1. The number of amides is 1. The van der Waals surface area contributed by atoms with Crippen LogP contribution in [0.15, 0.2) is 58.7 Å². The van der Waals surface area contributed by atoms with Crippen LogP contribution in [0.2, 0.25) is 5.02 Å². The first-order chi connectivity index (χ1) is 30.3. The number of nitrogens with one attached hydrogen (secondary N) is 2. The van der Waals surface area contributed by atoms with Crippen LogP contribution in [-0.2, 0) is 37.6 Å². The van der Waals surface area contributed by atoms with Gasteiger partial charge in [-0.25, -0.2) is 48.2 Å². The molecule has 0 aliphatic heterocycles. The first-order valence-electron chi connectivity index (χ1n) is 20.0. The van der Waals surface area contributed by atoms with Crippen molar-refractivity contribution in [1.29, 1.82) is 0 Å². The quantitative estimate of drug-likeness (QED) is 0.0867. The fourth-order valence-corrected chi connectivity index (χ4v) is 9.63. The van der Waals surface area contributed by atoms with Crippen LogP contribution in [0.1, 0.15) is 62.5 Å². The number of carbonyl (C=O) groups excluding carboxylic acids is 1. The lowest BCUT2D eigenvalue weighted by molar-refractivity contribution is -0.120. The molecule has 1 unspecified atom stereocenters. The van der Waals surface area contributed by atoms with E-state index >= 15 is 8.78 Å². The highest BCUT2D eigenvalue weighted by atomic mass is 35.5. The molecule has 23 heteroatoms. The van der Waals surface area contributed by atoms with Gasteiger partial charge in [-0.2, -0.15) is 13.9 Å². The predicted molar refractivity (Wildman–Crippen MR) is 227 cm³/mol. The van der Waals surface area contributed by atoms with Crippen molar-refractivity contribution >= 4 is 59.8 Å². The highest BCUT2D eigenvalue weighted by Gasteiger charge is 2.62. The number of sulfone groups is 1. The topological polar surface area (TPSA) is 178 Å². The molecular weight excluding hydrogens is 934 g/mol. The molecule has 3 saturated carbocycles. The van der Waals surface area contributed by atoms with Crippen LogP contribution in [-0.4, -0.2) is 84.8 Å². The van der Waals surface area contributed by atoms with Crippen molar-refractivity contribution in [3.63, 3.8) is 0 Å². The molecule has 4 N–H and O–H groups in total. The van der Waals surface area contributed by atoms with E-state index in [0.29, 0.717) is 18.9 Å². The summed E-state index contributed by atoms with van der Waals surface area (Å²) in [6.07, 6.45) is -5.08. The van der Waals surface area contributed by atoms with Gasteiger partial charge in [-0.05, 0) is 93.7 Å². The molecule has 348 valence electrons. The summed E-state index contributed by atoms with van der Waals surface area (Å²) in [4.78, 5) is 22.4. The number of allylic oxidation sites excluding steroid dienone is 2. The molecule has 3 atom stereocenters.